The van der Waals surface area contributed by atoms with E-state index in [-0.39, 0.29) is 5.75 Å². The average Bonchev–Trinajstić information content (AvgIpc) is 2.67. The molecule has 0 saturated heterocycles. The molecule has 0 aromatic rings. The first-order valence-electron chi connectivity index (χ1n) is 8.36. The molecule has 0 aliphatic rings. The highest BCUT2D eigenvalue weighted by atomic mass is 32.2. The van der Waals surface area contributed by atoms with Crippen LogP contribution in [-0.2, 0) is 19.2 Å². The number of carbonyl (C=O) groups is 4. The van der Waals surface area contributed by atoms with E-state index in [2.05, 4.69) is 10.6 Å². The smallest absolute Gasteiger partial charge is 0.327 e. The average molecular weight is 441 g/mol. The van der Waals surface area contributed by atoms with Crippen molar-refractivity contribution >= 4 is 35.5 Å². The number of carbonyl (C=O) groups excluding carboxylic acids is 2. The van der Waals surface area contributed by atoms with Crippen molar-refractivity contribution < 1.29 is 49.8 Å². The Morgan fingerprint density at radius 1 is 0.931 bits per heavy atom. The summed E-state index contributed by atoms with van der Waals surface area (Å²) in [6.07, 6.45) is -5.17. The number of likely N-dealkylation sites (N-methyl/N-ethyl adjacent to an activating group) is 1. The van der Waals surface area contributed by atoms with Gasteiger partial charge in [0.1, 0.15) is 30.4 Å². The Balaban J connectivity index is 5.63. The molecule has 0 rings (SSSR count). The highest BCUT2D eigenvalue weighted by Gasteiger charge is 2.39. The largest absolute Gasteiger partial charge is 0.481 e. The molecule has 168 valence electrons. The predicted molar refractivity (Wildman–Crippen MR) is 100 cm³/mol. The number of aliphatic carboxylic acids is 2. The van der Waals surface area contributed by atoms with E-state index in [0.717, 1.165) is 11.8 Å². The fourth-order valence-corrected chi connectivity index (χ4v) is 2.76. The van der Waals surface area contributed by atoms with Gasteiger partial charge in [0.2, 0.25) is 11.8 Å². The normalized spacial score (nSPS) is 17.3. The molecule has 0 aliphatic carbocycles. The number of amides is 2. The summed E-state index contributed by atoms with van der Waals surface area (Å²) in [7, 11) is 1.28. The van der Waals surface area contributed by atoms with Gasteiger partial charge in [0.05, 0.1) is 19.1 Å². The molecule has 0 radical (unpaired) electrons. The van der Waals surface area contributed by atoms with Crippen molar-refractivity contribution in [2.75, 3.05) is 25.7 Å². The molecule has 0 aliphatic heterocycles. The van der Waals surface area contributed by atoms with Crippen LogP contribution in [0.4, 0.5) is 0 Å². The fraction of sp³-hybridized carbons (Fsp3) is 0.733. The molecular weight excluding hydrogens is 414 g/mol. The number of carboxylic acid groups (broad SMARTS) is 2. The highest BCUT2D eigenvalue weighted by molar-refractivity contribution is 7.98. The Bertz CT molecular complexity index is 579. The Labute approximate surface area is 170 Å². The maximum absolute atomic E-state index is 12.5. The van der Waals surface area contributed by atoms with Crippen LogP contribution in [0.3, 0.4) is 0 Å². The van der Waals surface area contributed by atoms with E-state index in [9.17, 15) is 34.5 Å². The van der Waals surface area contributed by atoms with Gasteiger partial charge in [-0.3, -0.25) is 14.4 Å². The molecule has 0 saturated carbocycles. The van der Waals surface area contributed by atoms with Crippen molar-refractivity contribution in [3.05, 3.63) is 0 Å². The lowest BCUT2D eigenvalue weighted by Crippen LogP contribution is -2.62. The van der Waals surface area contributed by atoms with Crippen molar-refractivity contribution in [3.63, 3.8) is 0 Å². The van der Waals surface area contributed by atoms with Crippen molar-refractivity contribution in [1.29, 1.82) is 0 Å². The van der Waals surface area contributed by atoms with E-state index >= 15 is 0 Å². The van der Waals surface area contributed by atoms with Crippen LogP contribution >= 0.6 is 11.8 Å². The molecule has 0 fully saturated rings. The van der Waals surface area contributed by atoms with E-state index in [4.69, 9.17) is 15.3 Å². The van der Waals surface area contributed by atoms with Gasteiger partial charge >= 0.3 is 11.9 Å². The molecule has 29 heavy (non-hydrogen) atoms. The molecule has 0 aromatic heterocycles. The van der Waals surface area contributed by atoms with Crippen LogP contribution in [0.1, 0.15) is 6.42 Å². The van der Waals surface area contributed by atoms with E-state index in [1.54, 1.807) is 6.26 Å². The zero-order chi connectivity index (χ0) is 22.7. The lowest BCUT2D eigenvalue weighted by atomic mass is 9.99. The minimum atomic E-state index is -2.15. The van der Waals surface area contributed by atoms with Gasteiger partial charge in [0, 0.05) is 5.75 Å². The van der Waals surface area contributed by atoms with Crippen LogP contribution in [0, 0.1) is 0 Å². The molecule has 2 amide bonds. The maximum Gasteiger partial charge on any atom is 0.327 e. The van der Waals surface area contributed by atoms with Crippen molar-refractivity contribution in [2.45, 2.75) is 42.9 Å². The number of thioether (sulfide) groups is 1. The van der Waals surface area contributed by atoms with Gasteiger partial charge in [-0.2, -0.15) is 11.8 Å². The van der Waals surface area contributed by atoms with Gasteiger partial charge in [0.25, 0.3) is 0 Å². The summed E-state index contributed by atoms with van der Waals surface area (Å²) >= 11 is 1.10. The summed E-state index contributed by atoms with van der Waals surface area (Å²) in [5.74, 6) is -4.99. The van der Waals surface area contributed by atoms with Gasteiger partial charge in [-0.15, -0.1) is 0 Å². The quantitative estimate of drug-likeness (QED) is 0.124. The Hall–Kier alpha value is -1.97. The highest BCUT2D eigenvalue weighted by Crippen LogP contribution is 2.08. The minimum absolute atomic E-state index is 0.0438. The van der Waals surface area contributed by atoms with E-state index < -0.39 is 73.2 Å². The molecule has 0 aromatic carbocycles. The zero-order valence-corrected chi connectivity index (χ0v) is 16.6. The second-order valence-electron chi connectivity index (χ2n) is 6.01. The van der Waals surface area contributed by atoms with Crippen molar-refractivity contribution in [3.8, 4) is 0 Å². The molecule has 14 heteroatoms. The number of rotatable bonds is 14. The molecule has 9 N–H and O–H groups in total. The molecular formula is C15H27N3O10S. The number of hydrogen-bond acceptors (Lipinski definition) is 10. The lowest BCUT2D eigenvalue weighted by Gasteiger charge is -2.30. The van der Waals surface area contributed by atoms with Crippen molar-refractivity contribution in [1.82, 2.24) is 16.0 Å². The molecule has 0 spiro atoms. The molecule has 13 nitrogen and oxygen atoms in total. The summed E-state index contributed by atoms with van der Waals surface area (Å²) in [4.78, 5) is 46.9. The summed E-state index contributed by atoms with van der Waals surface area (Å²) in [6.45, 7) is -0.969. The molecule has 0 bridgehead atoms. The van der Waals surface area contributed by atoms with Crippen LogP contribution in [0.15, 0.2) is 0 Å². The predicted octanol–water partition coefficient (Wildman–Crippen LogP) is -4.46. The number of carboxylic acids is 2. The third-order valence-electron chi connectivity index (χ3n) is 3.84. The molecule has 6 atom stereocenters. The monoisotopic (exact) mass is 441 g/mol. The van der Waals surface area contributed by atoms with Gasteiger partial charge in [-0.25, -0.2) is 4.79 Å². The van der Waals surface area contributed by atoms with Crippen LogP contribution in [0.25, 0.3) is 0 Å². The maximum atomic E-state index is 12.5. The number of nitrogens with one attached hydrogen (secondary N) is 3. The van der Waals surface area contributed by atoms with Gasteiger partial charge in [0.15, 0.2) is 0 Å². The van der Waals surface area contributed by atoms with Crippen LogP contribution in [0.5, 0.6) is 0 Å². The molecule has 0 heterocycles. The van der Waals surface area contributed by atoms with Crippen LogP contribution < -0.4 is 16.0 Å². The van der Waals surface area contributed by atoms with E-state index in [1.165, 1.54) is 7.05 Å². The van der Waals surface area contributed by atoms with Crippen LogP contribution in [-0.4, -0.2) is 116 Å². The van der Waals surface area contributed by atoms with Crippen molar-refractivity contribution in [2.24, 2.45) is 0 Å². The minimum Gasteiger partial charge on any atom is -0.481 e. The standard InChI is InChI=1S/C15H27N3O10S/c1-16-6(3-9(21)22)13(25)18-10(12(24)11(23)8(20)4-19)14(26)17-7(5-29-2)15(27)28/h6-8,10-12,16,19-20,23-24H,3-5H2,1-2H3,(H,17,26)(H,18,25)(H,21,22)(H,27,28)/t6-,7-,8?,10?,11?,12?/m0/s1. The zero-order valence-electron chi connectivity index (χ0n) is 15.8. The molecule has 4 unspecified atom stereocenters. The summed E-state index contributed by atoms with van der Waals surface area (Å²) in [6, 6.07) is -4.65. The SMILES string of the molecule is CN[C@@H](CC(=O)O)C(=O)NC(C(=O)N[C@@H](CSC)C(=O)O)C(O)C(O)C(O)CO. The summed E-state index contributed by atoms with van der Waals surface area (Å²) in [5, 5.41) is 63.0. The fourth-order valence-electron chi connectivity index (χ4n) is 2.20. The van der Waals surface area contributed by atoms with E-state index in [0.29, 0.717) is 0 Å². The van der Waals surface area contributed by atoms with Gasteiger partial charge in [-0.05, 0) is 13.3 Å². The topological polar surface area (TPSA) is 226 Å². The van der Waals surface area contributed by atoms with E-state index in [1.807, 2.05) is 5.32 Å². The third kappa shape index (κ3) is 8.93. The Morgan fingerprint density at radius 2 is 1.52 bits per heavy atom. The summed E-state index contributed by atoms with van der Waals surface area (Å²) in [5.41, 5.74) is 0. The Morgan fingerprint density at radius 3 is 1.93 bits per heavy atom. The lowest BCUT2D eigenvalue weighted by molar-refractivity contribution is -0.145. The first kappa shape index (κ1) is 27.0. The number of aliphatic hydroxyl groups excluding tert-OH is 4. The van der Waals surface area contributed by atoms with Crippen LogP contribution in [0.2, 0.25) is 0 Å². The third-order valence-corrected chi connectivity index (χ3v) is 4.51. The number of aliphatic hydroxyl groups is 4. The Kier molecular flexibility index (Phi) is 12.4. The summed E-state index contributed by atoms with van der Waals surface area (Å²) < 4.78 is 0. The van der Waals surface area contributed by atoms with Gasteiger partial charge < -0.3 is 46.6 Å². The second-order valence-corrected chi connectivity index (χ2v) is 6.92. The number of hydrogen-bond donors (Lipinski definition) is 9. The first-order valence-corrected chi connectivity index (χ1v) is 9.76. The second kappa shape index (κ2) is 13.3. The van der Waals surface area contributed by atoms with Gasteiger partial charge in [-0.1, -0.05) is 0 Å². The first-order chi connectivity index (χ1) is 13.5.